The summed E-state index contributed by atoms with van der Waals surface area (Å²) < 4.78 is 0. The summed E-state index contributed by atoms with van der Waals surface area (Å²) in [7, 11) is 0. The van der Waals surface area contributed by atoms with Crippen LogP contribution in [0.1, 0.15) is 23.4 Å². The van der Waals surface area contributed by atoms with Crippen LogP contribution in [0.4, 0.5) is 0 Å². The maximum Gasteiger partial charge on any atom is 0.303 e. The second-order valence-corrected chi connectivity index (χ2v) is 4.83. The Morgan fingerprint density at radius 3 is 2.50 bits per heavy atom. The highest BCUT2D eigenvalue weighted by molar-refractivity contribution is 6.32. The fourth-order valence-corrected chi connectivity index (χ4v) is 2.20. The first kappa shape index (κ1) is 14.4. The second kappa shape index (κ2) is 5.96. The van der Waals surface area contributed by atoms with Crippen molar-refractivity contribution < 1.29 is 9.90 Å². The van der Waals surface area contributed by atoms with E-state index in [1.54, 1.807) is 18.3 Å². The molecule has 0 atom stereocenters. The Bertz CT molecular complexity index is 636. The van der Waals surface area contributed by atoms with Gasteiger partial charge in [0.15, 0.2) is 5.82 Å². The van der Waals surface area contributed by atoms with Gasteiger partial charge in [0, 0.05) is 24.0 Å². The van der Waals surface area contributed by atoms with E-state index < -0.39 is 5.97 Å². The summed E-state index contributed by atoms with van der Waals surface area (Å²) in [6.07, 6.45) is 2.12. The molecule has 104 valence electrons. The number of hydrogen-bond acceptors (Lipinski definition) is 4. The largest absolute Gasteiger partial charge is 0.481 e. The van der Waals surface area contributed by atoms with Crippen molar-refractivity contribution in [3.63, 3.8) is 0 Å². The molecule has 0 spiro atoms. The predicted octanol–water partition coefficient (Wildman–Crippen LogP) is 2.83. The van der Waals surface area contributed by atoms with Gasteiger partial charge in [-0.05, 0) is 38.0 Å². The summed E-state index contributed by atoms with van der Waals surface area (Å²) in [5.74, 6) is -0.370. The lowest BCUT2D eigenvalue weighted by molar-refractivity contribution is -0.136. The molecule has 1 N–H and O–H groups in total. The standard InChI is InChI=1S/C14H14ClN3O2/c1-8-10(5-6-12(19)20)9(2)18-14(17-8)13-11(15)4-3-7-16-13/h3-4,7H,5-6H2,1-2H3,(H,19,20). The number of halogens is 1. The molecule has 6 heteroatoms. The zero-order valence-corrected chi connectivity index (χ0v) is 12.0. The van der Waals surface area contributed by atoms with Crippen LogP contribution in [0, 0.1) is 13.8 Å². The van der Waals surface area contributed by atoms with Gasteiger partial charge in [-0.15, -0.1) is 0 Å². The lowest BCUT2D eigenvalue weighted by atomic mass is 10.1. The molecular formula is C14H14ClN3O2. The summed E-state index contributed by atoms with van der Waals surface area (Å²) in [5.41, 5.74) is 2.92. The van der Waals surface area contributed by atoms with Gasteiger partial charge in [-0.2, -0.15) is 0 Å². The molecule has 2 aromatic rings. The van der Waals surface area contributed by atoms with E-state index in [0.717, 1.165) is 17.0 Å². The van der Waals surface area contributed by atoms with Crippen molar-refractivity contribution in [1.29, 1.82) is 0 Å². The Morgan fingerprint density at radius 1 is 1.30 bits per heavy atom. The molecule has 2 aromatic heterocycles. The Labute approximate surface area is 121 Å². The Morgan fingerprint density at radius 2 is 1.95 bits per heavy atom. The third-order valence-electron chi connectivity index (χ3n) is 2.98. The van der Waals surface area contributed by atoms with Crippen LogP contribution in [-0.4, -0.2) is 26.0 Å². The fraction of sp³-hybridized carbons (Fsp3) is 0.286. The summed E-state index contributed by atoms with van der Waals surface area (Å²) in [4.78, 5) is 23.6. The van der Waals surface area contributed by atoms with Gasteiger partial charge < -0.3 is 5.11 Å². The molecule has 0 amide bonds. The van der Waals surface area contributed by atoms with Crippen molar-refractivity contribution in [3.8, 4) is 11.5 Å². The number of carbonyl (C=O) groups is 1. The Hall–Kier alpha value is -2.01. The smallest absolute Gasteiger partial charge is 0.303 e. The van der Waals surface area contributed by atoms with Gasteiger partial charge in [0.2, 0.25) is 0 Å². The summed E-state index contributed by atoms with van der Waals surface area (Å²) >= 11 is 6.09. The summed E-state index contributed by atoms with van der Waals surface area (Å²) in [5, 5.41) is 9.25. The second-order valence-electron chi connectivity index (χ2n) is 4.42. The molecule has 0 unspecified atom stereocenters. The monoisotopic (exact) mass is 291 g/mol. The maximum atomic E-state index is 10.7. The quantitative estimate of drug-likeness (QED) is 0.937. The fourth-order valence-electron chi connectivity index (χ4n) is 1.99. The average molecular weight is 292 g/mol. The number of aliphatic carboxylic acids is 1. The van der Waals surface area contributed by atoms with Gasteiger partial charge >= 0.3 is 5.97 Å². The van der Waals surface area contributed by atoms with Gasteiger partial charge in [0.25, 0.3) is 0 Å². The molecule has 0 saturated heterocycles. The zero-order valence-electron chi connectivity index (χ0n) is 11.2. The van der Waals surface area contributed by atoms with Crippen LogP contribution in [0.2, 0.25) is 5.02 Å². The van der Waals surface area contributed by atoms with Gasteiger partial charge in [-0.1, -0.05) is 11.6 Å². The molecule has 0 radical (unpaired) electrons. The topological polar surface area (TPSA) is 76.0 Å². The average Bonchev–Trinajstić information content (AvgIpc) is 2.37. The number of rotatable bonds is 4. The Balaban J connectivity index is 2.40. The van der Waals surface area contributed by atoms with Gasteiger partial charge in [-0.25, -0.2) is 9.97 Å². The first-order valence-corrected chi connectivity index (χ1v) is 6.53. The van der Waals surface area contributed by atoms with E-state index in [4.69, 9.17) is 16.7 Å². The van der Waals surface area contributed by atoms with Crippen molar-refractivity contribution >= 4 is 17.6 Å². The van der Waals surface area contributed by atoms with E-state index in [1.165, 1.54) is 0 Å². The number of pyridine rings is 1. The molecule has 0 aliphatic rings. The third kappa shape index (κ3) is 3.11. The molecule has 0 fully saturated rings. The Kier molecular flexibility index (Phi) is 4.29. The number of hydrogen-bond donors (Lipinski definition) is 1. The van der Waals surface area contributed by atoms with E-state index in [1.807, 2.05) is 13.8 Å². The van der Waals surface area contributed by atoms with Crippen LogP contribution in [0.3, 0.4) is 0 Å². The van der Waals surface area contributed by atoms with Crippen LogP contribution >= 0.6 is 11.6 Å². The van der Waals surface area contributed by atoms with Crippen LogP contribution in [0.5, 0.6) is 0 Å². The first-order chi connectivity index (χ1) is 9.49. The summed E-state index contributed by atoms with van der Waals surface area (Å²) in [6, 6.07) is 3.48. The minimum atomic E-state index is -0.833. The minimum absolute atomic E-state index is 0.0642. The van der Waals surface area contributed by atoms with Crippen molar-refractivity contribution in [1.82, 2.24) is 15.0 Å². The van der Waals surface area contributed by atoms with E-state index >= 15 is 0 Å². The van der Waals surface area contributed by atoms with Crippen LogP contribution in [-0.2, 0) is 11.2 Å². The van der Waals surface area contributed by atoms with Crippen LogP contribution < -0.4 is 0 Å². The highest BCUT2D eigenvalue weighted by Crippen LogP contribution is 2.24. The molecule has 5 nitrogen and oxygen atoms in total. The van der Waals surface area contributed by atoms with E-state index in [2.05, 4.69) is 15.0 Å². The molecule has 2 rings (SSSR count). The molecule has 0 bridgehead atoms. The van der Waals surface area contributed by atoms with E-state index in [-0.39, 0.29) is 6.42 Å². The number of aryl methyl sites for hydroxylation is 2. The molecule has 0 aliphatic heterocycles. The number of nitrogens with zero attached hydrogens (tertiary/aromatic N) is 3. The normalized spacial score (nSPS) is 10.6. The van der Waals surface area contributed by atoms with E-state index in [0.29, 0.717) is 23.0 Å². The van der Waals surface area contributed by atoms with Gasteiger partial charge in [0.05, 0.1) is 5.02 Å². The highest BCUT2D eigenvalue weighted by atomic mass is 35.5. The minimum Gasteiger partial charge on any atom is -0.481 e. The molecule has 20 heavy (non-hydrogen) atoms. The van der Waals surface area contributed by atoms with E-state index in [9.17, 15) is 4.79 Å². The lowest BCUT2D eigenvalue weighted by Crippen LogP contribution is -2.06. The predicted molar refractivity (Wildman–Crippen MR) is 75.7 cm³/mol. The number of carboxylic acids is 1. The van der Waals surface area contributed by atoms with Crippen molar-refractivity contribution in [2.24, 2.45) is 0 Å². The third-order valence-corrected chi connectivity index (χ3v) is 3.28. The van der Waals surface area contributed by atoms with Crippen molar-refractivity contribution in [3.05, 3.63) is 40.3 Å². The van der Waals surface area contributed by atoms with Crippen LogP contribution in [0.25, 0.3) is 11.5 Å². The molecule has 0 aliphatic carbocycles. The molecule has 2 heterocycles. The van der Waals surface area contributed by atoms with Crippen molar-refractivity contribution in [2.45, 2.75) is 26.7 Å². The number of carboxylic acid groups (broad SMARTS) is 1. The van der Waals surface area contributed by atoms with Gasteiger partial charge in [0.1, 0.15) is 5.69 Å². The SMILES string of the molecule is Cc1nc(-c2ncccc2Cl)nc(C)c1CCC(=O)O. The molecular weight excluding hydrogens is 278 g/mol. The zero-order chi connectivity index (χ0) is 14.7. The summed E-state index contributed by atoms with van der Waals surface area (Å²) in [6.45, 7) is 3.68. The first-order valence-electron chi connectivity index (χ1n) is 6.16. The number of aromatic nitrogens is 3. The highest BCUT2D eigenvalue weighted by Gasteiger charge is 2.13. The maximum absolute atomic E-state index is 10.7. The lowest BCUT2D eigenvalue weighted by Gasteiger charge is -2.10. The van der Waals surface area contributed by atoms with Crippen LogP contribution in [0.15, 0.2) is 18.3 Å². The van der Waals surface area contributed by atoms with Gasteiger partial charge in [-0.3, -0.25) is 9.78 Å². The van der Waals surface area contributed by atoms with Crippen molar-refractivity contribution in [2.75, 3.05) is 0 Å². The molecule has 0 aromatic carbocycles. The molecule has 0 saturated carbocycles.